The van der Waals surface area contributed by atoms with E-state index in [1.807, 2.05) is 18.2 Å². The molecule has 1 aromatic rings. The zero-order valence-electron chi connectivity index (χ0n) is 7.85. The zero-order chi connectivity index (χ0) is 11.0. The number of hydrogen-bond donors (Lipinski definition) is 0. The molecule has 1 rings (SSSR count). The van der Waals surface area contributed by atoms with Crippen LogP contribution in [-0.2, 0) is 6.42 Å². The summed E-state index contributed by atoms with van der Waals surface area (Å²) in [4.78, 5) is 0. The standard InChI is InChI=1S/C8H9.C3H4F3/c1-2-8-6-4-3-5-7-8;1-2-3(4,5)6/h3-7H,1-2H2;1-2H2. The van der Waals surface area contributed by atoms with Crippen molar-refractivity contribution in [3.8, 4) is 0 Å². The molecule has 0 saturated carbocycles. The molecule has 0 aromatic heterocycles. The second-order valence-corrected chi connectivity index (χ2v) is 2.60. The van der Waals surface area contributed by atoms with E-state index in [-0.39, 0.29) is 0 Å². The van der Waals surface area contributed by atoms with Gasteiger partial charge in [-0.05, 0) is 25.8 Å². The lowest BCUT2D eigenvalue weighted by atomic mass is 10.2. The van der Waals surface area contributed by atoms with Crippen molar-refractivity contribution < 1.29 is 13.2 Å². The first-order chi connectivity index (χ1) is 6.49. The van der Waals surface area contributed by atoms with Crippen LogP contribution in [0.2, 0.25) is 0 Å². The van der Waals surface area contributed by atoms with E-state index in [0.717, 1.165) is 6.42 Å². The molecule has 2 radical (unpaired) electrons. The molecule has 0 bridgehead atoms. The topological polar surface area (TPSA) is 0 Å². The van der Waals surface area contributed by atoms with Crippen LogP contribution in [0.4, 0.5) is 13.2 Å². The summed E-state index contributed by atoms with van der Waals surface area (Å²) in [5.74, 6) is 0. The molecule has 0 aliphatic heterocycles. The molecule has 3 heteroatoms. The quantitative estimate of drug-likeness (QED) is 0.649. The van der Waals surface area contributed by atoms with Gasteiger partial charge in [-0.2, -0.15) is 13.2 Å². The Morgan fingerprint density at radius 1 is 1.00 bits per heavy atom. The molecule has 78 valence electrons. The Balaban J connectivity index is 0.000000255. The second-order valence-electron chi connectivity index (χ2n) is 2.60. The minimum Gasteiger partial charge on any atom is -0.171 e. The molecular formula is C11H13F3. The maximum Gasteiger partial charge on any atom is 0.389 e. The zero-order valence-corrected chi connectivity index (χ0v) is 7.85. The Kier molecular flexibility index (Phi) is 6.00. The Morgan fingerprint density at radius 2 is 1.43 bits per heavy atom. The van der Waals surface area contributed by atoms with Gasteiger partial charge in [0.15, 0.2) is 0 Å². The molecule has 0 atom stereocenters. The molecular weight excluding hydrogens is 189 g/mol. The highest BCUT2D eigenvalue weighted by Gasteiger charge is 2.22. The van der Waals surface area contributed by atoms with Gasteiger partial charge < -0.3 is 0 Å². The van der Waals surface area contributed by atoms with E-state index < -0.39 is 12.6 Å². The third-order valence-electron chi connectivity index (χ3n) is 1.41. The predicted molar refractivity (Wildman–Crippen MR) is 51.5 cm³/mol. The van der Waals surface area contributed by atoms with Gasteiger partial charge in [0.25, 0.3) is 0 Å². The molecule has 14 heavy (non-hydrogen) atoms. The Hall–Kier alpha value is -0.990. The minimum absolute atomic E-state index is 0.890. The molecule has 0 spiro atoms. The highest BCUT2D eigenvalue weighted by molar-refractivity contribution is 5.14. The van der Waals surface area contributed by atoms with Gasteiger partial charge in [0, 0.05) is 6.42 Å². The van der Waals surface area contributed by atoms with Gasteiger partial charge >= 0.3 is 6.18 Å². The molecule has 0 saturated heterocycles. The van der Waals surface area contributed by atoms with Crippen LogP contribution in [0.15, 0.2) is 30.3 Å². The summed E-state index contributed by atoms with van der Waals surface area (Å²) < 4.78 is 32.2. The summed E-state index contributed by atoms with van der Waals surface area (Å²) in [6.45, 7) is 6.39. The van der Waals surface area contributed by atoms with Gasteiger partial charge in [0.1, 0.15) is 0 Å². The molecule has 0 aliphatic carbocycles. The van der Waals surface area contributed by atoms with Gasteiger partial charge in [0.2, 0.25) is 0 Å². The average molecular weight is 202 g/mol. The van der Waals surface area contributed by atoms with Gasteiger partial charge in [-0.1, -0.05) is 30.3 Å². The van der Waals surface area contributed by atoms with Crippen molar-refractivity contribution >= 4 is 0 Å². The smallest absolute Gasteiger partial charge is 0.171 e. The van der Waals surface area contributed by atoms with Crippen LogP contribution in [0, 0.1) is 13.8 Å². The van der Waals surface area contributed by atoms with Crippen molar-refractivity contribution in [3.63, 3.8) is 0 Å². The molecule has 0 fully saturated rings. The van der Waals surface area contributed by atoms with E-state index in [9.17, 15) is 13.2 Å². The second kappa shape index (κ2) is 6.46. The summed E-state index contributed by atoms with van der Waals surface area (Å²) in [5, 5.41) is 0. The number of benzene rings is 1. The lowest BCUT2D eigenvalue weighted by Gasteiger charge is -1.96. The fraction of sp³-hybridized carbons (Fsp3) is 0.273. The van der Waals surface area contributed by atoms with Gasteiger partial charge in [0.05, 0.1) is 0 Å². The van der Waals surface area contributed by atoms with Crippen molar-refractivity contribution in [2.45, 2.75) is 19.0 Å². The van der Waals surface area contributed by atoms with Crippen LogP contribution < -0.4 is 0 Å². The number of halogens is 3. The average Bonchev–Trinajstić information content (AvgIpc) is 2.19. The molecule has 0 aliphatic rings. The molecule has 1 aromatic carbocycles. The maximum absolute atomic E-state index is 10.7. The third kappa shape index (κ3) is 7.65. The van der Waals surface area contributed by atoms with E-state index in [2.05, 4.69) is 26.0 Å². The van der Waals surface area contributed by atoms with Gasteiger partial charge in [-0.15, -0.1) is 0 Å². The van der Waals surface area contributed by atoms with Crippen LogP contribution >= 0.6 is 0 Å². The number of alkyl halides is 3. The molecule has 0 amide bonds. The first kappa shape index (κ1) is 13.0. The number of rotatable bonds is 1. The van der Waals surface area contributed by atoms with E-state index in [0.29, 0.717) is 0 Å². The Labute approximate surface area is 82.8 Å². The van der Waals surface area contributed by atoms with E-state index in [1.54, 1.807) is 0 Å². The van der Waals surface area contributed by atoms with E-state index in [1.165, 1.54) is 5.56 Å². The first-order valence-corrected chi connectivity index (χ1v) is 4.18. The highest BCUT2D eigenvalue weighted by atomic mass is 19.4. The van der Waals surface area contributed by atoms with Crippen molar-refractivity contribution in [2.75, 3.05) is 0 Å². The largest absolute Gasteiger partial charge is 0.389 e. The minimum atomic E-state index is -4.07. The van der Waals surface area contributed by atoms with Crippen molar-refractivity contribution in [1.29, 1.82) is 0 Å². The third-order valence-corrected chi connectivity index (χ3v) is 1.41. The van der Waals surface area contributed by atoms with Crippen LogP contribution in [0.3, 0.4) is 0 Å². The number of hydrogen-bond acceptors (Lipinski definition) is 0. The van der Waals surface area contributed by atoms with E-state index >= 15 is 0 Å². The molecule has 0 nitrogen and oxygen atoms in total. The fourth-order valence-electron chi connectivity index (χ4n) is 0.645. The summed E-state index contributed by atoms with van der Waals surface area (Å²) in [6, 6.07) is 10.2. The normalized spacial score (nSPS) is 10.4. The summed E-state index contributed by atoms with van der Waals surface area (Å²) in [7, 11) is 0. The van der Waals surface area contributed by atoms with Crippen LogP contribution in [0.1, 0.15) is 12.0 Å². The van der Waals surface area contributed by atoms with Crippen LogP contribution in [0.5, 0.6) is 0 Å². The molecule has 0 unspecified atom stereocenters. The first-order valence-electron chi connectivity index (χ1n) is 4.18. The van der Waals surface area contributed by atoms with Crippen LogP contribution in [0.25, 0.3) is 0 Å². The van der Waals surface area contributed by atoms with Crippen molar-refractivity contribution in [2.24, 2.45) is 0 Å². The van der Waals surface area contributed by atoms with E-state index in [4.69, 9.17) is 0 Å². The fourth-order valence-corrected chi connectivity index (χ4v) is 0.645. The van der Waals surface area contributed by atoms with Gasteiger partial charge in [-0.3, -0.25) is 0 Å². The summed E-state index contributed by atoms with van der Waals surface area (Å²) in [5.41, 5.74) is 1.30. The Morgan fingerprint density at radius 3 is 1.64 bits per heavy atom. The lowest BCUT2D eigenvalue weighted by Crippen LogP contribution is -2.02. The lowest BCUT2D eigenvalue weighted by molar-refractivity contribution is -0.125. The Bertz CT molecular complexity index is 226. The molecule has 0 N–H and O–H groups in total. The van der Waals surface area contributed by atoms with Crippen molar-refractivity contribution in [1.82, 2.24) is 0 Å². The molecule has 0 heterocycles. The summed E-state index contributed by atoms with van der Waals surface area (Å²) in [6.07, 6.45) is -4.16. The monoisotopic (exact) mass is 202 g/mol. The van der Waals surface area contributed by atoms with Crippen LogP contribution in [-0.4, -0.2) is 6.18 Å². The SMILES string of the molecule is [CH2]CC(F)(F)F.[CH2]Cc1ccccc1. The van der Waals surface area contributed by atoms with Gasteiger partial charge in [-0.25, -0.2) is 0 Å². The van der Waals surface area contributed by atoms with Crippen molar-refractivity contribution in [3.05, 3.63) is 49.7 Å². The highest BCUT2D eigenvalue weighted by Crippen LogP contribution is 2.17. The predicted octanol–water partition coefficient (Wildman–Crippen LogP) is 3.84. The maximum atomic E-state index is 10.7. The summed E-state index contributed by atoms with van der Waals surface area (Å²) >= 11 is 0.